The number of carbonyl (C=O) groups excluding carboxylic acids is 1. The molecule has 4 aromatic rings. The molecule has 0 aliphatic heterocycles. The Balaban J connectivity index is 1.85. The number of carbonyl (C=O) groups is 1. The van der Waals surface area contributed by atoms with Gasteiger partial charge in [-0.2, -0.15) is 0 Å². The van der Waals surface area contributed by atoms with Gasteiger partial charge in [0.25, 0.3) is 5.56 Å². The second kappa shape index (κ2) is 8.90. The molecule has 0 bridgehead atoms. The number of nitrogens with zero attached hydrogens (tertiary/aromatic N) is 5. The van der Waals surface area contributed by atoms with Crippen LogP contribution in [-0.4, -0.2) is 29.0 Å². The number of hydrogen-bond donors (Lipinski definition) is 0. The second-order valence-electron chi connectivity index (χ2n) is 8.06. The quantitative estimate of drug-likeness (QED) is 0.308. The summed E-state index contributed by atoms with van der Waals surface area (Å²) in [6, 6.07) is 11.3. The van der Waals surface area contributed by atoms with Crippen LogP contribution in [0.4, 0.5) is 0 Å². The smallest absolute Gasteiger partial charge is 0.333 e. The summed E-state index contributed by atoms with van der Waals surface area (Å²) < 4.78 is 6.18. The van der Waals surface area contributed by atoms with E-state index in [9.17, 15) is 14.4 Å². The fourth-order valence-corrected chi connectivity index (χ4v) is 4.25. The summed E-state index contributed by atoms with van der Waals surface area (Å²) >= 11 is 0. The van der Waals surface area contributed by atoms with Crippen LogP contribution in [0.3, 0.4) is 0 Å². The van der Waals surface area contributed by atoms with E-state index in [-0.39, 0.29) is 18.9 Å². The Bertz CT molecular complexity index is 1470. The fourth-order valence-electron chi connectivity index (χ4n) is 4.25. The Morgan fingerprint density at radius 3 is 2.48 bits per heavy atom. The van der Waals surface area contributed by atoms with Gasteiger partial charge >= 0.3 is 5.69 Å². The number of allylic oxidation sites excluding steroid dienone is 1. The maximum absolute atomic E-state index is 13.4. The van der Waals surface area contributed by atoms with Crippen molar-refractivity contribution in [2.75, 3.05) is 0 Å². The highest BCUT2D eigenvalue weighted by Gasteiger charge is 2.22. The van der Waals surface area contributed by atoms with Crippen molar-refractivity contribution in [2.45, 2.75) is 47.0 Å². The number of ketones is 1. The molecule has 0 saturated heterocycles. The molecule has 0 N–H and O–H groups in total. The first-order valence-electron chi connectivity index (χ1n) is 10.9. The van der Waals surface area contributed by atoms with Crippen LogP contribution >= 0.6 is 0 Å². The summed E-state index contributed by atoms with van der Waals surface area (Å²) in [6.07, 6.45) is 3.32. The van der Waals surface area contributed by atoms with Gasteiger partial charge in [0, 0.05) is 30.0 Å². The molecule has 3 heterocycles. The van der Waals surface area contributed by atoms with Crippen LogP contribution in [0.25, 0.3) is 11.2 Å². The number of fused-ring (bicyclic) bond motifs is 1. The van der Waals surface area contributed by atoms with Crippen molar-refractivity contribution in [3.63, 3.8) is 0 Å². The van der Waals surface area contributed by atoms with E-state index in [2.05, 4.69) is 11.6 Å². The third kappa shape index (κ3) is 3.88. The lowest BCUT2D eigenvalue weighted by molar-refractivity contribution is 0.0968. The van der Waals surface area contributed by atoms with Gasteiger partial charge in [-0.1, -0.05) is 36.4 Å². The molecule has 3 aromatic heterocycles. The number of aromatic nitrogens is 5. The summed E-state index contributed by atoms with van der Waals surface area (Å²) in [6.45, 7) is 10.4. The summed E-state index contributed by atoms with van der Waals surface area (Å²) in [5.74, 6) is -0.286. The van der Waals surface area contributed by atoms with Crippen LogP contribution in [-0.2, 0) is 26.2 Å². The molecule has 0 amide bonds. The molecular formula is C25H27N5O3. The monoisotopic (exact) mass is 445 g/mol. The van der Waals surface area contributed by atoms with Gasteiger partial charge in [-0.25, -0.2) is 9.78 Å². The Labute approximate surface area is 191 Å². The molecule has 33 heavy (non-hydrogen) atoms. The summed E-state index contributed by atoms with van der Waals surface area (Å²) in [5, 5.41) is 0. The maximum atomic E-state index is 13.4. The lowest BCUT2D eigenvalue weighted by Crippen LogP contribution is -2.42. The number of aryl methyl sites for hydroxylation is 2. The molecule has 1 aromatic carbocycles. The zero-order chi connectivity index (χ0) is 23.7. The van der Waals surface area contributed by atoms with E-state index < -0.39 is 11.2 Å². The molecule has 4 rings (SSSR count). The molecule has 0 aliphatic rings. The summed E-state index contributed by atoms with van der Waals surface area (Å²) in [5.41, 5.74) is 2.69. The largest absolute Gasteiger partial charge is 0.345 e. The lowest BCUT2D eigenvalue weighted by atomic mass is 10.1. The van der Waals surface area contributed by atoms with Crippen LogP contribution in [0.1, 0.15) is 34.2 Å². The van der Waals surface area contributed by atoms with Gasteiger partial charge in [0.1, 0.15) is 0 Å². The highest BCUT2D eigenvalue weighted by molar-refractivity contribution is 5.97. The minimum atomic E-state index is -0.550. The molecule has 0 aliphatic carbocycles. The van der Waals surface area contributed by atoms with Crippen molar-refractivity contribution in [3.05, 3.63) is 98.7 Å². The molecule has 0 atom stereocenters. The predicted molar refractivity (Wildman–Crippen MR) is 128 cm³/mol. The van der Waals surface area contributed by atoms with Gasteiger partial charge < -0.3 is 9.13 Å². The molecule has 0 spiro atoms. The Hall–Kier alpha value is -3.94. The minimum Gasteiger partial charge on any atom is -0.345 e. The van der Waals surface area contributed by atoms with Crippen molar-refractivity contribution >= 4 is 16.9 Å². The molecular weight excluding hydrogens is 418 g/mol. The number of hydrogen-bond acceptors (Lipinski definition) is 4. The lowest BCUT2D eigenvalue weighted by Gasteiger charge is -2.12. The molecule has 8 nitrogen and oxygen atoms in total. The highest BCUT2D eigenvalue weighted by Crippen LogP contribution is 2.17. The van der Waals surface area contributed by atoms with Crippen LogP contribution < -0.4 is 11.2 Å². The number of rotatable bonds is 8. The fraction of sp³-hybridized carbons (Fsp3) is 0.280. The second-order valence-corrected chi connectivity index (χ2v) is 8.06. The van der Waals surface area contributed by atoms with Crippen LogP contribution in [0.15, 0.2) is 65.0 Å². The highest BCUT2D eigenvalue weighted by atomic mass is 16.2. The first-order valence-corrected chi connectivity index (χ1v) is 10.9. The Kier molecular flexibility index (Phi) is 6.00. The first-order chi connectivity index (χ1) is 15.9. The topological polar surface area (TPSA) is 83.8 Å². The van der Waals surface area contributed by atoms with Crippen LogP contribution in [0, 0.1) is 13.8 Å². The third-order valence-corrected chi connectivity index (χ3v) is 6.00. The summed E-state index contributed by atoms with van der Waals surface area (Å²) in [7, 11) is 0. The van der Waals surface area contributed by atoms with Crippen molar-refractivity contribution in [1.29, 1.82) is 0 Å². The number of imidazole rings is 1. The van der Waals surface area contributed by atoms with Gasteiger partial charge in [-0.15, -0.1) is 6.58 Å². The van der Waals surface area contributed by atoms with Crippen LogP contribution in [0.5, 0.6) is 0 Å². The van der Waals surface area contributed by atoms with E-state index in [0.717, 1.165) is 21.5 Å². The van der Waals surface area contributed by atoms with E-state index in [1.165, 1.54) is 4.57 Å². The van der Waals surface area contributed by atoms with Crippen LogP contribution in [0.2, 0.25) is 0 Å². The van der Waals surface area contributed by atoms with Gasteiger partial charge in [0.05, 0.1) is 19.4 Å². The normalized spacial score (nSPS) is 11.2. The van der Waals surface area contributed by atoms with Crippen molar-refractivity contribution in [3.8, 4) is 0 Å². The van der Waals surface area contributed by atoms with Gasteiger partial charge in [0.2, 0.25) is 0 Å². The molecule has 0 saturated carbocycles. The minimum absolute atomic E-state index is 0.249. The maximum Gasteiger partial charge on any atom is 0.333 e. The average molecular weight is 446 g/mol. The van der Waals surface area contributed by atoms with Crippen molar-refractivity contribution in [1.82, 2.24) is 23.3 Å². The molecule has 0 radical (unpaired) electrons. The third-order valence-electron chi connectivity index (χ3n) is 6.00. The van der Waals surface area contributed by atoms with Gasteiger partial charge in [0.15, 0.2) is 16.9 Å². The zero-order valence-electron chi connectivity index (χ0n) is 19.1. The standard InChI is InChI=1S/C25H27N5O3/c1-5-12-28-17(3)13-20(18(28)4)21(31)15-30-24(32)22-23(26-16-27(22)6-2)29(25(30)33)14-19-10-8-7-9-11-19/h5,7-11,13,16H,1,6,12,14-15H2,2-4H3. The Morgan fingerprint density at radius 2 is 1.82 bits per heavy atom. The SMILES string of the molecule is C=CCn1c(C)cc(C(=O)Cn2c(=O)c3c(ncn3CC)n(Cc3ccccc3)c2=O)c1C. The van der Waals surface area contributed by atoms with Gasteiger partial charge in [-0.3, -0.25) is 18.7 Å². The van der Waals surface area contributed by atoms with Gasteiger partial charge in [-0.05, 0) is 32.4 Å². The van der Waals surface area contributed by atoms with Crippen molar-refractivity contribution < 1.29 is 4.79 Å². The van der Waals surface area contributed by atoms with Crippen molar-refractivity contribution in [2.24, 2.45) is 0 Å². The summed E-state index contributed by atoms with van der Waals surface area (Å²) in [4.78, 5) is 44.4. The molecule has 170 valence electrons. The zero-order valence-corrected chi connectivity index (χ0v) is 19.1. The van der Waals surface area contributed by atoms with E-state index in [1.54, 1.807) is 23.0 Å². The molecule has 0 fully saturated rings. The molecule has 0 unspecified atom stereocenters. The van der Waals surface area contributed by atoms with E-state index >= 15 is 0 Å². The van der Waals surface area contributed by atoms with E-state index in [1.807, 2.05) is 55.7 Å². The number of Topliss-reactive ketones (excluding diaryl/α,β-unsaturated/α-hetero) is 1. The average Bonchev–Trinajstić information content (AvgIpc) is 3.37. The Morgan fingerprint density at radius 1 is 1.09 bits per heavy atom. The predicted octanol–water partition coefficient (Wildman–Crippen LogP) is 2.92. The van der Waals surface area contributed by atoms with E-state index in [0.29, 0.717) is 29.8 Å². The number of benzene rings is 1. The first kappa shape index (κ1) is 22.3. The molecule has 8 heteroatoms. The van der Waals surface area contributed by atoms with E-state index in [4.69, 9.17) is 0 Å².